The summed E-state index contributed by atoms with van der Waals surface area (Å²) in [4.78, 5) is 33.5. The highest BCUT2D eigenvalue weighted by Crippen LogP contribution is 2.34. The van der Waals surface area contributed by atoms with Crippen molar-refractivity contribution in [3.63, 3.8) is 0 Å². The fraction of sp³-hybridized carbons (Fsp3) is 0.750. The fourth-order valence-electron chi connectivity index (χ4n) is 2.30. The van der Waals surface area contributed by atoms with Crippen LogP contribution in [0.15, 0.2) is 0 Å². The third-order valence-electron chi connectivity index (χ3n) is 3.25. The van der Waals surface area contributed by atoms with E-state index in [1.54, 1.807) is 13.8 Å². The lowest BCUT2D eigenvalue weighted by molar-refractivity contribution is -0.139. The highest BCUT2D eigenvalue weighted by molar-refractivity contribution is 5.80. The quantitative estimate of drug-likeness (QED) is 0.556. The van der Waals surface area contributed by atoms with Gasteiger partial charge >= 0.3 is 12.0 Å². The molecular formula is C12H21N3O4. The van der Waals surface area contributed by atoms with Gasteiger partial charge in [0.15, 0.2) is 0 Å². The maximum atomic E-state index is 11.9. The second kappa shape index (κ2) is 5.46. The number of hydrogen-bond donors (Lipinski definition) is 4. The monoisotopic (exact) mass is 271 g/mol. The summed E-state index contributed by atoms with van der Waals surface area (Å²) >= 11 is 0. The maximum absolute atomic E-state index is 11.9. The summed E-state index contributed by atoms with van der Waals surface area (Å²) in [7, 11) is 0. The minimum atomic E-state index is -0.934. The van der Waals surface area contributed by atoms with Gasteiger partial charge in [-0.25, -0.2) is 4.79 Å². The number of carbonyl (C=O) groups excluding carboxylic acids is 2. The number of amides is 3. The normalized spacial score (nSPS) is 17.2. The number of hydrogen-bond acceptors (Lipinski definition) is 3. The molecule has 0 unspecified atom stereocenters. The van der Waals surface area contributed by atoms with Crippen molar-refractivity contribution in [3.05, 3.63) is 0 Å². The first-order valence-corrected chi connectivity index (χ1v) is 6.25. The van der Waals surface area contributed by atoms with Crippen LogP contribution in [0.25, 0.3) is 0 Å². The summed E-state index contributed by atoms with van der Waals surface area (Å²) in [6.07, 6.45) is 2.15. The minimum absolute atomic E-state index is 0.0202. The van der Waals surface area contributed by atoms with Crippen LogP contribution in [0.3, 0.4) is 0 Å². The third kappa shape index (κ3) is 4.76. The number of nitrogens with two attached hydrogens (primary N) is 1. The van der Waals surface area contributed by atoms with Crippen LogP contribution >= 0.6 is 0 Å². The van der Waals surface area contributed by atoms with Gasteiger partial charge in [-0.2, -0.15) is 0 Å². The predicted octanol–water partition coefficient (Wildman–Crippen LogP) is 0.337. The number of carbonyl (C=O) groups is 3. The molecule has 1 fully saturated rings. The third-order valence-corrected chi connectivity index (χ3v) is 3.25. The largest absolute Gasteiger partial charge is 0.481 e. The van der Waals surface area contributed by atoms with E-state index in [4.69, 9.17) is 10.8 Å². The number of primary amides is 1. The molecule has 0 radical (unpaired) electrons. The second-order valence-corrected chi connectivity index (χ2v) is 5.81. The SMILES string of the molecule is CC(C)(CC(N)=O)NC(=O)NC1(CC(=O)O)CCC1. The summed E-state index contributed by atoms with van der Waals surface area (Å²) in [5, 5.41) is 14.2. The van der Waals surface area contributed by atoms with Crippen molar-refractivity contribution in [2.45, 2.75) is 57.0 Å². The van der Waals surface area contributed by atoms with Gasteiger partial charge in [0.2, 0.25) is 5.91 Å². The van der Waals surface area contributed by atoms with Crippen molar-refractivity contribution in [2.75, 3.05) is 0 Å². The van der Waals surface area contributed by atoms with Crippen LogP contribution in [-0.2, 0) is 9.59 Å². The number of urea groups is 1. The minimum Gasteiger partial charge on any atom is -0.481 e. The van der Waals surface area contributed by atoms with Crippen LogP contribution < -0.4 is 16.4 Å². The van der Waals surface area contributed by atoms with Gasteiger partial charge in [-0.05, 0) is 33.1 Å². The summed E-state index contributed by atoms with van der Waals surface area (Å²) in [5.41, 5.74) is 3.68. The molecule has 0 heterocycles. The Balaban J connectivity index is 2.54. The molecule has 108 valence electrons. The number of aliphatic carboxylic acids is 1. The van der Waals surface area contributed by atoms with Gasteiger partial charge in [-0.1, -0.05) is 0 Å². The molecule has 19 heavy (non-hydrogen) atoms. The molecule has 5 N–H and O–H groups in total. The Morgan fingerprint density at radius 2 is 1.89 bits per heavy atom. The van der Waals surface area contributed by atoms with E-state index in [1.165, 1.54) is 0 Å². The first-order chi connectivity index (χ1) is 8.64. The van der Waals surface area contributed by atoms with Gasteiger partial charge < -0.3 is 21.5 Å². The lowest BCUT2D eigenvalue weighted by atomic mass is 9.74. The van der Waals surface area contributed by atoms with E-state index in [-0.39, 0.29) is 12.8 Å². The topological polar surface area (TPSA) is 122 Å². The number of nitrogens with one attached hydrogen (secondary N) is 2. The Morgan fingerprint density at radius 3 is 2.26 bits per heavy atom. The first-order valence-electron chi connectivity index (χ1n) is 6.25. The highest BCUT2D eigenvalue weighted by atomic mass is 16.4. The Bertz CT molecular complexity index is 388. The second-order valence-electron chi connectivity index (χ2n) is 5.81. The molecule has 0 aromatic rings. The molecule has 0 saturated heterocycles. The Hall–Kier alpha value is -1.79. The molecule has 1 aliphatic carbocycles. The Morgan fingerprint density at radius 1 is 1.32 bits per heavy atom. The van der Waals surface area contributed by atoms with Gasteiger partial charge in [0.1, 0.15) is 0 Å². The summed E-state index contributed by atoms with van der Waals surface area (Å²) in [6, 6.07) is -0.466. The van der Waals surface area contributed by atoms with Crippen LogP contribution in [0.5, 0.6) is 0 Å². The molecule has 7 nitrogen and oxygen atoms in total. The molecule has 0 bridgehead atoms. The van der Waals surface area contributed by atoms with Crippen LogP contribution in [0.1, 0.15) is 46.0 Å². The lowest BCUT2D eigenvalue weighted by Crippen LogP contribution is -2.60. The zero-order valence-corrected chi connectivity index (χ0v) is 11.3. The van der Waals surface area contributed by atoms with Crippen LogP contribution in [0.2, 0.25) is 0 Å². The predicted molar refractivity (Wildman–Crippen MR) is 68.4 cm³/mol. The number of carboxylic acid groups (broad SMARTS) is 1. The van der Waals surface area contributed by atoms with Gasteiger partial charge in [0.05, 0.1) is 12.0 Å². The highest BCUT2D eigenvalue weighted by Gasteiger charge is 2.41. The number of rotatable bonds is 6. The molecule has 0 aromatic heterocycles. The average Bonchev–Trinajstić information content (AvgIpc) is 2.09. The number of carboxylic acids is 1. The van der Waals surface area contributed by atoms with E-state index in [2.05, 4.69) is 10.6 Å². The summed E-state index contributed by atoms with van der Waals surface area (Å²) in [6.45, 7) is 3.37. The van der Waals surface area contributed by atoms with E-state index in [0.29, 0.717) is 12.8 Å². The standard InChI is InChI=1S/C12H21N3O4/c1-11(2,6-8(13)16)14-10(19)15-12(4-3-5-12)7-9(17)18/h3-7H2,1-2H3,(H2,13,16)(H,17,18)(H2,14,15,19). The van der Waals surface area contributed by atoms with Crippen molar-refractivity contribution in [1.82, 2.24) is 10.6 Å². The summed E-state index contributed by atoms with van der Waals surface area (Å²) in [5.74, 6) is -1.44. The Kier molecular flexibility index (Phi) is 4.39. The van der Waals surface area contributed by atoms with Crippen molar-refractivity contribution in [3.8, 4) is 0 Å². The van der Waals surface area contributed by atoms with Crippen molar-refractivity contribution in [2.24, 2.45) is 5.73 Å². The molecule has 1 aliphatic rings. The lowest BCUT2D eigenvalue weighted by Gasteiger charge is -2.42. The van der Waals surface area contributed by atoms with Crippen LogP contribution in [0.4, 0.5) is 4.79 Å². The Labute approximate surface area is 111 Å². The molecule has 0 aromatic carbocycles. The van der Waals surface area contributed by atoms with Crippen LogP contribution in [0, 0.1) is 0 Å². The molecule has 0 aliphatic heterocycles. The van der Waals surface area contributed by atoms with Gasteiger partial charge in [-0.3, -0.25) is 9.59 Å². The molecule has 1 saturated carbocycles. The van der Waals surface area contributed by atoms with E-state index >= 15 is 0 Å². The molecule has 0 atom stereocenters. The molecule has 3 amide bonds. The van der Waals surface area contributed by atoms with Gasteiger partial charge in [-0.15, -0.1) is 0 Å². The van der Waals surface area contributed by atoms with Crippen LogP contribution in [-0.4, -0.2) is 34.1 Å². The zero-order chi connectivity index (χ0) is 14.7. The molecule has 0 spiro atoms. The van der Waals surface area contributed by atoms with E-state index in [9.17, 15) is 14.4 Å². The van der Waals surface area contributed by atoms with E-state index in [1.807, 2.05) is 0 Å². The van der Waals surface area contributed by atoms with Crippen molar-refractivity contribution >= 4 is 17.9 Å². The smallest absolute Gasteiger partial charge is 0.315 e. The van der Waals surface area contributed by atoms with Crippen molar-refractivity contribution < 1.29 is 19.5 Å². The average molecular weight is 271 g/mol. The maximum Gasteiger partial charge on any atom is 0.315 e. The zero-order valence-electron chi connectivity index (χ0n) is 11.3. The van der Waals surface area contributed by atoms with Gasteiger partial charge in [0.25, 0.3) is 0 Å². The summed E-state index contributed by atoms with van der Waals surface area (Å²) < 4.78 is 0. The van der Waals surface area contributed by atoms with E-state index < -0.39 is 29.0 Å². The fourth-order valence-corrected chi connectivity index (χ4v) is 2.30. The van der Waals surface area contributed by atoms with Crippen molar-refractivity contribution in [1.29, 1.82) is 0 Å². The first kappa shape index (κ1) is 15.3. The molecule has 1 rings (SSSR count). The van der Waals surface area contributed by atoms with Gasteiger partial charge in [0, 0.05) is 12.0 Å². The molecular weight excluding hydrogens is 250 g/mol. The van der Waals surface area contributed by atoms with E-state index in [0.717, 1.165) is 6.42 Å². The molecule has 7 heteroatoms.